The van der Waals surface area contributed by atoms with Crippen LogP contribution in [0, 0.1) is 5.41 Å². The van der Waals surface area contributed by atoms with Gasteiger partial charge in [0.25, 0.3) is 0 Å². The third-order valence-corrected chi connectivity index (χ3v) is 7.54. The summed E-state index contributed by atoms with van der Waals surface area (Å²) in [7, 11) is -4.09. The molecule has 38 heavy (non-hydrogen) atoms. The Morgan fingerprint density at radius 2 is 1.53 bits per heavy atom. The van der Waals surface area contributed by atoms with Crippen LogP contribution >= 0.6 is 0 Å². The Hall–Kier alpha value is -3.84. The predicted molar refractivity (Wildman–Crippen MR) is 154 cm³/mol. The van der Waals surface area contributed by atoms with Gasteiger partial charge in [0.05, 0.1) is 0 Å². The number of anilines is 1. The number of hydrogen-bond acceptors (Lipinski definition) is 5. The van der Waals surface area contributed by atoms with Crippen molar-refractivity contribution in [3.63, 3.8) is 0 Å². The smallest absolute Gasteiger partial charge is 0.339 e. The summed E-state index contributed by atoms with van der Waals surface area (Å²) in [4.78, 5) is 5.00. The number of pyridine rings is 1. The van der Waals surface area contributed by atoms with E-state index in [2.05, 4.69) is 39.9 Å². The number of nitrogens with one attached hydrogen (secondary N) is 1. The molecule has 0 amide bonds. The molecule has 0 aliphatic carbocycles. The lowest BCUT2D eigenvalue weighted by Crippen LogP contribution is -2.36. The van der Waals surface area contributed by atoms with Crippen molar-refractivity contribution in [2.75, 3.05) is 5.32 Å². The van der Waals surface area contributed by atoms with Gasteiger partial charge in [-0.25, -0.2) is 4.98 Å². The Labute approximate surface area is 224 Å². The van der Waals surface area contributed by atoms with Gasteiger partial charge in [0.1, 0.15) is 22.1 Å². The average molecular weight is 528 g/mol. The monoisotopic (exact) mass is 527 g/mol. The third-order valence-electron chi connectivity index (χ3n) is 6.31. The fourth-order valence-electron chi connectivity index (χ4n) is 5.22. The first-order valence-corrected chi connectivity index (χ1v) is 14.1. The zero-order chi connectivity index (χ0) is 27.1. The van der Waals surface area contributed by atoms with Gasteiger partial charge in [0.2, 0.25) is 0 Å². The van der Waals surface area contributed by atoms with E-state index in [0.717, 1.165) is 28.7 Å². The van der Waals surface area contributed by atoms with Gasteiger partial charge in [-0.3, -0.25) is 4.40 Å². The van der Waals surface area contributed by atoms with Crippen LogP contribution in [0.1, 0.15) is 41.0 Å². The van der Waals surface area contributed by atoms with Crippen molar-refractivity contribution in [1.82, 2.24) is 9.38 Å². The van der Waals surface area contributed by atoms with Crippen molar-refractivity contribution < 1.29 is 12.6 Å². The van der Waals surface area contributed by atoms with E-state index in [9.17, 15) is 8.42 Å². The fraction of sp³-hybridized carbons (Fsp3) is 0.258. The molecule has 6 nitrogen and oxygen atoms in total. The quantitative estimate of drug-likeness (QED) is 0.221. The Morgan fingerprint density at radius 1 is 0.842 bits per heavy atom. The van der Waals surface area contributed by atoms with Crippen molar-refractivity contribution in [2.45, 2.75) is 51.5 Å². The molecular formula is C31H33N3O3S. The molecule has 2 heterocycles. The highest BCUT2D eigenvalue weighted by Crippen LogP contribution is 2.39. The summed E-state index contributed by atoms with van der Waals surface area (Å²) in [6, 6.07) is 25.6. The number of para-hydroxylation sites is 1. The molecule has 0 aliphatic heterocycles. The highest BCUT2D eigenvalue weighted by Gasteiger charge is 2.29. The summed E-state index contributed by atoms with van der Waals surface area (Å²) in [5.41, 5.74) is 1.82. The lowest BCUT2D eigenvalue weighted by atomic mass is 9.82. The van der Waals surface area contributed by atoms with Crippen LogP contribution in [0.5, 0.6) is 5.75 Å². The number of fused-ring (bicyclic) bond motifs is 2. The van der Waals surface area contributed by atoms with Crippen LogP contribution in [0.3, 0.4) is 0 Å². The van der Waals surface area contributed by atoms with Gasteiger partial charge >= 0.3 is 10.1 Å². The zero-order valence-corrected chi connectivity index (χ0v) is 23.2. The summed E-state index contributed by atoms with van der Waals surface area (Å²) in [5.74, 6) is 1.01. The molecule has 0 fully saturated rings. The van der Waals surface area contributed by atoms with E-state index >= 15 is 0 Å². The topological polar surface area (TPSA) is 72.7 Å². The van der Waals surface area contributed by atoms with E-state index in [1.165, 1.54) is 0 Å². The van der Waals surface area contributed by atoms with Crippen molar-refractivity contribution >= 4 is 32.4 Å². The van der Waals surface area contributed by atoms with Gasteiger partial charge in [-0.2, -0.15) is 8.42 Å². The van der Waals surface area contributed by atoms with Crippen LogP contribution in [-0.2, 0) is 10.1 Å². The highest BCUT2D eigenvalue weighted by molar-refractivity contribution is 7.87. The van der Waals surface area contributed by atoms with Gasteiger partial charge < -0.3 is 9.50 Å². The van der Waals surface area contributed by atoms with E-state index in [4.69, 9.17) is 9.17 Å². The number of aromatic nitrogens is 2. The molecule has 0 saturated heterocycles. The molecule has 5 aromatic rings. The number of hydrogen-bond donors (Lipinski definition) is 1. The summed E-state index contributed by atoms with van der Waals surface area (Å²) in [6.07, 6.45) is 2.87. The second-order valence-electron chi connectivity index (χ2n) is 11.5. The highest BCUT2D eigenvalue weighted by atomic mass is 32.2. The van der Waals surface area contributed by atoms with Gasteiger partial charge in [0, 0.05) is 17.3 Å². The number of imidazole rings is 1. The van der Waals surface area contributed by atoms with Gasteiger partial charge in [-0.05, 0) is 72.9 Å². The minimum atomic E-state index is -4.09. The first kappa shape index (κ1) is 25.8. The van der Waals surface area contributed by atoms with Gasteiger partial charge in [-0.15, -0.1) is 0 Å². The molecule has 0 unspecified atom stereocenters. The Balaban J connectivity index is 1.58. The second kappa shape index (κ2) is 9.48. The van der Waals surface area contributed by atoms with Crippen LogP contribution in [0.15, 0.2) is 96.0 Å². The van der Waals surface area contributed by atoms with E-state index in [1.807, 2.05) is 65.2 Å². The second-order valence-corrected chi connectivity index (χ2v) is 13.1. The maximum absolute atomic E-state index is 13.4. The summed E-state index contributed by atoms with van der Waals surface area (Å²) >= 11 is 0. The molecule has 196 valence electrons. The number of rotatable bonds is 7. The molecule has 2 aromatic heterocycles. The molecule has 3 aromatic carbocycles. The summed E-state index contributed by atoms with van der Waals surface area (Å²) in [6.45, 7) is 11.0. The molecule has 0 aliphatic rings. The van der Waals surface area contributed by atoms with E-state index in [0.29, 0.717) is 11.3 Å². The van der Waals surface area contributed by atoms with Crippen molar-refractivity contribution in [1.29, 1.82) is 0 Å². The molecule has 7 heteroatoms. The summed E-state index contributed by atoms with van der Waals surface area (Å²) in [5, 5.41) is 5.50. The van der Waals surface area contributed by atoms with E-state index < -0.39 is 10.1 Å². The van der Waals surface area contributed by atoms with Crippen LogP contribution in [0.25, 0.3) is 27.7 Å². The van der Waals surface area contributed by atoms with Gasteiger partial charge in [-0.1, -0.05) is 69.3 Å². The fourth-order valence-corrected chi connectivity index (χ4v) is 6.20. The zero-order valence-electron chi connectivity index (χ0n) is 22.4. The molecule has 1 N–H and O–H groups in total. The number of nitrogens with zero attached hydrogens (tertiary/aromatic N) is 2. The lowest BCUT2D eigenvalue weighted by molar-refractivity contribution is 0.302. The van der Waals surface area contributed by atoms with Crippen molar-refractivity contribution in [3.8, 4) is 17.0 Å². The van der Waals surface area contributed by atoms with E-state index in [1.54, 1.807) is 30.3 Å². The molecule has 0 radical (unpaired) electrons. The molecule has 0 spiro atoms. The molecule has 0 atom stereocenters. The Morgan fingerprint density at radius 3 is 2.29 bits per heavy atom. The maximum Gasteiger partial charge on any atom is 0.339 e. The summed E-state index contributed by atoms with van der Waals surface area (Å²) < 4.78 is 34.6. The third kappa shape index (κ3) is 5.38. The molecule has 0 bridgehead atoms. The standard InChI is InChI=1S/C31H33N3O3S/c1-30(2,3)21-31(4,5)33-29-28(32-27-16-10-11-19-34(27)29)25-14-8-9-15-26(25)37-38(35,36)24-18-17-22-12-6-7-13-23(22)20-24/h6-20,33H,21H2,1-5H3. The van der Waals surface area contributed by atoms with Crippen LogP contribution in [-0.4, -0.2) is 23.3 Å². The van der Waals surface area contributed by atoms with Crippen LogP contribution < -0.4 is 9.50 Å². The maximum atomic E-state index is 13.4. The Bertz CT molecular complexity index is 1730. The SMILES string of the molecule is CC(C)(C)CC(C)(C)Nc1c(-c2ccccc2OS(=O)(=O)c2ccc3ccccc3c2)nc2ccccn12. The number of benzene rings is 3. The van der Waals surface area contributed by atoms with Crippen molar-refractivity contribution in [3.05, 3.63) is 91.1 Å². The van der Waals surface area contributed by atoms with Crippen LogP contribution in [0.4, 0.5) is 5.82 Å². The molecule has 0 saturated carbocycles. The van der Waals surface area contributed by atoms with Crippen molar-refractivity contribution in [2.24, 2.45) is 5.41 Å². The first-order valence-electron chi connectivity index (χ1n) is 12.7. The van der Waals surface area contributed by atoms with Crippen LogP contribution in [0.2, 0.25) is 0 Å². The van der Waals surface area contributed by atoms with Gasteiger partial charge in [0.15, 0.2) is 5.75 Å². The largest absolute Gasteiger partial charge is 0.378 e. The normalized spacial score (nSPS) is 12.7. The molecular weight excluding hydrogens is 494 g/mol. The molecule has 5 rings (SSSR count). The minimum Gasteiger partial charge on any atom is -0.378 e. The average Bonchev–Trinajstić information content (AvgIpc) is 3.20. The Kier molecular flexibility index (Phi) is 6.43. The van der Waals surface area contributed by atoms with E-state index in [-0.39, 0.29) is 21.6 Å². The first-order chi connectivity index (χ1) is 17.9. The predicted octanol–water partition coefficient (Wildman–Crippen LogP) is 7.55. The minimum absolute atomic E-state index is 0.102. The lowest BCUT2D eigenvalue weighted by Gasteiger charge is -2.34.